The van der Waals surface area contributed by atoms with Gasteiger partial charge in [-0.15, -0.1) is 0 Å². The van der Waals surface area contributed by atoms with E-state index in [1.165, 1.54) is 0 Å². The van der Waals surface area contributed by atoms with E-state index in [9.17, 15) is 9.59 Å². The highest BCUT2D eigenvalue weighted by Gasteiger charge is 2.20. The third-order valence-electron chi connectivity index (χ3n) is 4.04. The minimum atomic E-state index is -0.136. The van der Waals surface area contributed by atoms with Crippen LogP contribution >= 0.6 is 0 Å². The summed E-state index contributed by atoms with van der Waals surface area (Å²) in [5.41, 5.74) is 3.32. The summed E-state index contributed by atoms with van der Waals surface area (Å²) in [6, 6.07) is 9.79. The predicted octanol–water partition coefficient (Wildman–Crippen LogP) is 0.859. The number of amides is 2. The zero-order chi connectivity index (χ0) is 17.1. The maximum Gasteiger partial charge on any atom is 0.238 e. The Balaban J connectivity index is 1.72. The van der Waals surface area contributed by atoms with E-state index in [1.807, 2.05) is 53.8 Å². The molecule has 1 aliphatic heterocycles. The second-order valence-corrected chi connectivity index (χ2v) is 5.90. The van der Waals surface area contributed by atoms with Gasteiger partial charge in [-0.1, -0.05) is 18.2 Å². The summed E-state index contributed by atoms with van der Waals surface area (Å²) >= 11 is 0. The van der Waals surface area contributed by atoms with Crippen LogP contribution in [0.5, 0.6) is 0 Å². The highest BCUT2D eigenvalue weighted by atomic mass is 16.2. The second-order valence-electron chi connectivity index (χ2n) is 5.90. The summed E-state index contributed by atoms with van der Waals surface area (Å²) in [6.07, 6.45) is 0. The van der Waals surface area contributed by atoms with Crippen molar-refractivity contribution in [2.75, 3.05) is 31.5 Å². The van der Waals surface area contributed by atoms with Crippen LogP contribution in [0, 0.1) is 13.8 Å². The van der Waals surface area contributed by atoms with Crippen molar-refractivity contribution in [1.82, 2.24) is 20.0 Å². The van der Waals surface area contributed by atoms with Gasteiger partial charge in [0.1, 0.15) is 0 Å². The van der Waals surface area contributed by atoms with Crippen LogP contribution in [-0.2, 0) is 9.59 Å². The van der Waals surface area contributed by atoms with Gasteiger partial charge >= 0.3 is 0 Å². The van der Waals surface area contributed by atoms with E-state index >= 15 is 0 Å². The summed E-state index contributed by atoms with van der Waals surface area (Å²) in [5, 5.41) is 10.2. The predicted molar refractivity (Wildman–Crippen MR) is 91.1 cm³/mol. The number of rotatable bonds is 4. The van der Waals surface area contributed by atoms with Crippen LogP contribution < -0.4 is 10.6 Å². The number of benzene rings is 1. The molecule has 0 radical (unpaired) electrons. The summed E-state index contributed by atoms with van der Waals surface area (Å²) < 4.78 is 1.82. The molecule has 0 saturated carbocycles. The van der Waals surface area contributed by atoms with Crippen LogP contribution in [0.4, 0.5) is 5.69 Å². The van der Waals surface area contributed by atoms with Crippen molar-refractivity contribution in [2.45, 2.75) is 13.8 Å². The van der Waals surface area contributed by atoms with Gasteiger partial charge in [0.05, 0.1) is 35.9 Å². The van der Waals surface area contributed by atoms with Crippen molar-refractivity contribution in [3.8, 4) is 5.69 Å². The van der Waals surface area contributed by atoms with Crippen molar-refractivity contribution in [3.63, 3.8) is 0 Å². The molecule has 126 valence electrons. The fourth-order valence-corrected chi connectivity index (χ4v) is 2.85. The normalized spacial score (nSPS) is 15.2. The molecule has 0 aliphatic carbocycles. The summed E-state index contributed by atoms with van der Waals surface area (Å²) in [7, 11) is 0. The first-order valence-electron chi connectivity index (χ1n) is 7.95. The maximum absolute atomic E-state index is 12.3. The van der Waals surface area contributed by atoms with Crippen LogP contribution in [0.15, 0.2) is 30.3 Å². The number of nitrogens with zero attached hydrogens (tertiary/aromatic N) is 3. The van der Waals surface area contributed by atoms with Crippen molar-refractivity contribution in [1.29, 1.82) is 0 Å². The Morgan fingerprint density at radius 2 is 2.04 bits per heavy atom. The highest BCUT2D eigenvalue weighted by molar-refractivity contribution is 5.94. The smallest absolute Gasteiger partial charge is 0.238 e. The van der Waals surface area contributed by atoms with Gasteiger partial charge in [0.25, 0.3) is 0 Å². The fourth-order valence-electron chi connectivity index (χ4n) is 2.85. The molecule has 1 fully saturated rings. The lowest BCUT2D eigenvalue weighted by Crippen LogP contribution is -2.49. The molecule has 0 spiro atoms. The van der Waals surface area contributed by atoms with E-state index in [2.05, 4.69) is 15.7 Å². The molecule has 0 bridgehead atoms. The first kappa shape index (κ1) is 16.2. The van der Waals surface area contributed by atoms with Crippen molar-refractivity contribution < 1.29 is 9.59 Å². The molecule has 2 heterocycles. The number of para-hydroxylation sites is 1. The molecule has 1 aliphatic rings. The van der Waals surface area contributed by atoms with Crippen LogP contribution in [-0.4, -0.2) is 52.7 Å². The quantitative estimate of drug-likeness (QED) is 0.873. The lowest BCUT2D eigenvalue weighted by Gasteiger charge is -2.25. The molecule has 24 heavy (non-hydrogen) atoms. The number of anilines is 1. The van der Waals surface area contributed by atoms with Gasteiger partial charge in [0.2, 0.25) is 11.8 Å². The molecule has 2 aromatic rings. The summed E-state index contributed by atoms with van der Waals surface area (Å²) in [4.78, 5) is 25.5. The molecule has 2 N–H and O–H groups in total. The second kappa shape index (κ2) is 6.84. The Labute approximate surface area is 140 Å². The Morgan fingerprint density at radius 1 is 1.29 bits per heavy atom. The molecule has 7 heteroatoms. The van der Waals surface area contributed by atoms with E-state index in [0.29, 0.717) is 13.1 Å². The number of aromatic nitrogens is 2. The number of nitrogens with one attached hydrogen (secondary N) is 2. The first-order valence-corrected chi connectivity index (χ1v) is 7.95. The van der Waals surface area contributed by atoms with Crippen molar-refractivity contribution >= 4 is 17.5 Å². The molecular formula is C17H21N5O2. The lowest BCUT2D eigenvalue weighted by atomic mass is 10.2. The standard InChI is InChI=1S/C17H21N5O2/c1-12-17(13(2)22(20-12)14-6-4-3-5-7-14)19-16(24)11-21-9-8-18-15(23)10-21/h3-7H,8-11H2,1-2H3,(H,18,23)(H,19,24). The molecule has 1 aromatic carbocycles. The van der Waals surface area contributed by atoms with E-state index in [0.717, 1.165) is 22.8 Å². The van der Waals surface area contributed by atoms with Gasteiger partial charge in [0.15, 0.2) is 0 Å². The van der Waals surface area contributed by atoms with Crippen molar-refractivity contribution in [2.24, 2.45) is 0 Å². The Bertz CT molecular complexity index is 754. The largest absolute Gasteiger partial charge is 0.354 e. The molecule has 1 aromatic heterocycles. The number of carbonyl (C=O) groups excluding carboxylic acids is 2. The van der Waals surface area contributed by atoms with E-state index in [1.54, 1.807) is 0 Å². The van der Waals surface area contributed by atoms with Gasteiger partial charge in [-0.3, -0.25) is 14.5 Å². The average Bonchev–Trinajstić information content (AvgIpc) is 2.84. The highest BCUT2D eigenvalue weighted by Crippen LogP contribution is 2.22. The van der Waals surface area contributed by atoms with Gasteiger partial charge in [-0.2, -0.15) is 5.10 Å². The molecule has 0 atom stereocenters. The molecule has 0 unspecified atom stereocenters. The van der Waals surface area contributed by atoms with Gasteiger partial charge < -0.3 is 10.6 Å². The zero-order valence-corrected chi connectivity index (χ0v) is 13.9. The first-order chi connectivity index (χ1) is 11.5. The van der Waals surface area contributed by atoms with E-state index in [-0.39, 0.29) is 24.9 Å². The van der Waals surface area contributed by atoms with Gasteiger partial charge in [-0.05, 0) is 26.0 Å². The lowest BCUT2D eigenvalue weighted by molar-refractivity contribution is -0.125. The number of hydrogen-bond donors (Lipinski definition) is 2. The number of piperazine rings is 1. The minimum Gasteiger partial charge on any atom is -0.354 e. The number of aryl methyl sites for hydroxylation is 1. The number of carbonyl (C=O) groups is 2. The molecular weight excluding hydrogens is 306 g/mol. The van der Waals surface area contributed by atoms with E-state index in [4.69, 9.17) is 0 Å². The molecule has 7 nitrogen and oxygen atoms in total. The maximum atomic E-state index is 12.3. The molecule has 1 saturated heterocycles. The van der Waals surface area contributed by atoms with Crippen LogP contribution in [0.2, 0.25) is 0 Å². The number of hydrogen-bond acceptors (Lipinski definition) is 4. The molecule has 2 amide bonds. The Morgan fingerprint density at radius 3 is 2.75 bits per heavy atom. The summed E-state index contributed by atoms with van der Waals surface area (Å²) in [5.74, 6) is -0.179. The van der Waals surface area contributed by atoms with E-state index < -0.39 is 0 Å². The Hall–Kier alpha value is -2.67. The SMILES string of the molecule is Cc1nn(-c2ccccc2)c(C)c1NC(=O)CN1CCNC(=O)C1. The monoisotopic (exact) mass is 327 g/mol. The third kappa shape index (κ3) is 3.46. The van der Waals surface area contributed by atoms with Crippen LogP contribution in [0.25, 0.3) is 5.69 Å². The topological polar surface area (TPSA) is 79.3 Å². The average molecular weight is 327 g/mol. The van der Waals surface area contributed by atoms with Gasteiger partial charge in [0, 0.05) is 13.1 Å². The molecule has 3 rings (SSSR count). The zero-order valence-electron chi connectivity index (χ0n) is 13.9. The van der Waals surface area contributed by atoms with Crippen molar-refractivity contribution in [3.05, 3.63) is 41.7 Å². The summed E-state index contributed by atoms with van der Waals surface area (Å²) in [6.45, 7) is 5.52. The van der Waals surface area contributed by atoms with Crippen LogP contribution in [0.1, 0.15) is 11.4 Å². The minimum absolute atomic E-state index is 0.0432. The third-order valence-corrected chi connectivity index (χ3v) is 4.04. The fraction of sp³-hybridized carbons (Fsp3) is 0.353. The van der Waals surface area contributed by atoms with Gasteiger partial charge in [-0.25, -0.2) is 4.68 Å². The van der Waals surface area contributed by atoms with Crippen LogP contribution in [0.3, 0.4) is 0 Å². The Kier molecular flexibility index (Phi) is 4.61.